The fourth-order valence-corrected chi connectivity index (χ4v) is 6.32. The van der Waals surface area contributed by atoms with E-state index in [-0.39, 0.29) is 69.8 Å². The zero-order chi connectivity index (χ0) is 19.0. The van der Waals surface area contributed by atoms with Crippen LogP contribution < -0.4 is 37.2 Å². The van der Waals surface area contributed by atoms with Crippen molar-refractivity contribution in [3.05, 3.63) is 94.7 Å². The summed E-state index contributed by atoms with van der Waals surface area (Å²) in [7, 11) is -1.50. The Kier molecular flexibility index (Phi) is 12.9. The van der Waals surface area contributed by atoms with E-state index in [2.05, 4.69) is 113 Å². The smallest absolute Gasteiger partial charge is 1.00 e. The van der Waals surface area contributed by atoms with Crippen LogP contribution in [0.4, 0.5) is 0 Å². The molecule has 0 spiro atoms. The monoisotopic (exact) mass is 512 g/mol. The molecule has 30 heavy (non-hydrogen) atoms. The van der Waals surface area contributed by atoms with Crippen LogP contribution in [0.5, 0.6) is 0 Å². The quantitative estimate of drug-likeness (QED) is 0.327. The van der Waals surface area contributed by atoms with Crippen LogP contribution in [0.15, 0.2) is 77.5 Å². The van der Waals surface area contributed by atoms with Gasteiger partial charge in [0.15, 0.2) is 0 Å². The minimum atomic E-state index is -1.50. The molecular weight excluding hydrogens is 483 g/mol. The summed E-state index contributed by atoms with van der Waals surface area (Å²) in [5.74, 6) is 0. The van der Waals surface area contributed by atoms with Crippen LogP contribution in [0.1, 0.15) is 38.3 Å². The maximum atomic E-state index is 3.75. The van der Waals surface area contributed by atoms with Crippen molar-refractivity contribution in [2.75, 3.05) is 0 Å². The zero-order valence-electron chi connectivity index (χ0n) is 18.7. The number of halogens is 3. The van der Waals surface area contributed by atoms with Crippen molar-refractivity contribution in [1.29, 1.82) is 0 Å². The molecule has 5 heteroatoms. The summed E-state index contributed by atoms with van der Waals surface area (Å²) in [6, 6.07) is 22.2. The van der Waals surface area contributed by atoms with Gasteiger partial charge in [-0.15, -0.1) is 6.42 Å². The molecule has 3 rings (SSSR count). The van der Waals surface area contributed by atoms with E-state index in [0.717, 1.165) is 6.42 Å². The van der Waals surface area contributed by atoms with Crippen LogP contribution in [0.2, 0.25) is 19.6 Å². The van der Waals surface area contributed by atoms with Gasteiger partial charge < -0.3 is 37.2 Å². The predicted octanol–water partition coefficient (Wildman–Crippen LogP) is -2.03. The fourth-order valence-electron chi connectivity index (χ4n) is 4.59. The molecule has 160 valence electrons. The molecule has 0 unspecified atom stereocenters. The van der Waals surface area contributed by atoms with Gasteiger partial charge in [-0.3, -0.25) is 6.08 Å². The van der Waals surface area contributed by atoms with Crippen molar-refractivity contribution in [3.8, 4) is 0 Å². The Morgan fingerprint density at radius 1 is 0.733 bits per heavy atom. The molecule has 0 atom stereocenters. The van der Waals surface area contributed by atoms with Gasteiger partial charge in [0, 0.05) is 8.07 Å². The van der Waals surface area contributed by atoms with Gasteiger partial charge in [-0.2, -0.15) is 11.6 Å². The molecule has 0 saturated carbocycles. The van der Waals surface area contributed by atoms with E-state index < -0.39 is 8.07 Å². The molecule has 0 saturated heterocycles. The first-order valence-corrected chi connectivity index (χ1v) is 13.1. The minimum absolute atomic E-state index is 0. The average molecular weight is 514 g/mol. The van der Waals surface area contributed by atoms with Crippen molar-refractivity contribution in [1.82, 2.24) is 0 Å². The van der Waals surface area contributed by atoms with Gasteiger partial charge in [0.25, 0.3) is 0 Å². The molecule has 0 N–H and O–H groups in total. The maximum absolute atomic E-state index is 3.75. The van der Waals surface area contributed by atoms with E-state index >= 15 is 0 Å². The second-order valence-electron chi connectivity index (χ2n) is 9.36. The van der Waals surface area contributed by atoms with Crippen molar-refractivity contribution >= 4 is 8.07 Å². The van der Waals surface area contributed by atoms with Crippen LogP contribution in [-0.2, 0) is 27.1 Å². The van der Waals surface area contributed by atoms with Crippen LogP contribution in [0, 0.1) is 11.5 Å². The number of hydrogen-bond donors (Lipinski definition) is 0. The first kappa shape index (κ1) is 31.9. The Labute approximate surface area is 218 Å². The first-order valence-electron chi connectivity index (χ1n) is 9.62. The summed E-state index contributed by atoms with van der Waals surface area (Å²) < 4.78 is 0. The summed E-state index contributed by atoms with van der Waals surface area (Å²) in [6.45, 7) is 14.5. The zero-order valence-corrected chi connectivity index (χ0v) is 23.5. The number of allylic oxidation sites excluding steroid dienone is 4. The van der Waals surface area contributed by atoms with Gasteiger partial charge in [0.05, 0.1) is 0 Å². The van der Waals surface area contributed by atoms with Crippen LogP contribution in [0.3, 0.4) is 0 Å². The van der Waals surface area contributed by atoms with Gasteiger partial charge in [-0.1, -0.05) is 101 Å². The molecule has 0 nitrogen and oxygen atoms in total. The van der Waals surface area contributed by atoms with Crippen LogP contribution in [-0.4, -0.2) is 8.07 Å². The Bertz CT molecular complexity index is 793. The summed E-state index contributed by atoms with van der Waals surface area (Å²) >= 11 is 0. The topological polar surface area (TPSA) is 0 Å². The molecule has 2 aromatic carbocycles. The largest absolute Gasteiger partial charge is 4.00 e. The number of rotatable bonds is 4. The van der Waals surface area contributed by atoms with Crippen LogP contribution >= 0.6 is 0 Å². The maximum Gasteiger partial charge on any atom is 4.00 e. The molecule has 0 aromatic heterocycles. The Hall–Kier alpha value is -0.279. The van der Waals surface area contributed by atoms with Gasteiger partial charge in [-0.05, 0) is 22.0 Å². The van der Waals surface area contributed by atoms with Crippen molar-refractivity contribution in [2.45, 2.75) is 52.2 Å². The third kappa shape index (κ3) is 5.74. The third-order valence-electron chi connectivity index (χ3n) is 5.55. The molecule has 0 amide bonds. The summed E-state index contributed by atoms with van der Waals surface area (Å²) in [6.07, 6.45) is 7.13. The first-order chi connectivity index (χ1) is 12.2. The molecule has 1 aliphatic carbocycles. The Balaban J connectivity index is 0. The molecule has 0 fully saturated rings. The van der Waals surface area contributed by atoms with E-state index in [1.54, 1.807) is 0 Å². The van der Waals surface area contributed by atoms with Gasteiger partial charge in [-0.25, -0.2) is 5.20 Å². The number of hydrogen-bond acceptors (Lipinski definition) is 0. The molecule has 2 aromatic rings. The molecule has 0 heterocycles. The standard InChI is InChI=1S/C25H31Si.3ClH.Ti/c1-24(2,3)25(20-14-9-7-10-15-20,21-16-11-8-12-17-21)22-18-13-19-23(22)26(4,5)6;;;;/h7-12,14-18H,13H2,1-6H3;3*1H;/q-1;;;;+4/p-3. The van der Waals surface area contributed by atoms with Gasteiger partial charge in [0.1, 0.15) is 0 Å². The Morgan fingerprint density at radius 3 is 1.47 bits per heavy atom. The number of benzene rings is 2. The second kappa shape index (κ2) is 12.1. The summed E-state index contributed by atoms with van der Waals surface area (Å²) in [5, 5.41) is 1.50. The SMILES string of the molecule is CC(C)(C)C(C1=CC[C-]=C1[Si](C)(C)C)(c1ccccc1)c1ccccc1.[Cl-].[Cl-].[Cl-].[Ti+4]. The fraction of sp³-hybridized carbons (Fsp3) is 0.360. The van der Waals surface area contributed by atoms with Crippen molar-refractivity contribution < 1.29 is 58.9 Å². The molecule has 0 bridgehead atoms. The van der Waals surface area contributed by atoms with Crippen molar-refractivity contribution in [3.63, 3.8) is 0 Å². The van der Waals surface area contributed by atoms with Gasteiger partial charge >= 0.3 is 21.7 Å². The summed E-state index contributed by atoms with van der Waals surface area (Å²) in [4.78, 5) is 0. The van der Waals surface area contributed by atoms with E-state index in [1.165, 1.54) is 21.9 Å². The molecular formula is C25H31Cl3SiTi. The predicted molar refractivity (Wildman–Crippen MR) is 116 cm³/mol. The molecule has 0 aliphatic heterocycles. The molecule has 0 radical (unpaired) electrons. The normalized spacial score (nSPS) is 13.5. The average Bonchev–Trinajstić information content (AvgIpc) is 3.06. The third-order valence-corrected chi connectivity index (χ3v) is 7.49. The Morgan fingerprint density at radius 2 is 1.13 bits per heavy atom. The van der Waals surface area contributed by atoms with Crippen LogP contribution in [0.25, 0.3) is 0 Å². The van der Waals surface area contributed by atoms with Crippen molar-refractivity contribution in [2.24, 2.45) is 5.41 Å². The summed E-state index contributed by atoms with van der Waals surface area (Å²) in [5.41, 5.74) is 4.10. The second-order valence-corrected chi connectivity index (χ2v) is 14.4. The van der Waals surface area contributed by atoms with E-state index in [1.807, 2.05) is 0 Å². The van der Waals surface area contributed by atoms with E-state index in [0.29, 0.717) is 0 Å². The van der Waals surface area contributed by atoms with Gasteiger partial charge in [0.2, 0.25) is 0 Å². The minimum Gasteiger partial charge on any atom is -1.00 e. The van der Waals surface area contributed by atoms with E-state index in [9.17, 15) is 0 Å². The molecule has 1 aliphatic rings. The van der Waals surface area contributed by atoms with E-state index in [4.69, 9.17) is 0 Å².